The zero-order valence-electron chi connectivity index (χ0n) is 14.9. The molecule has 0 atom stereocenters. The fourth-order valence-corrected chi connectivity index (χ4v) is 2.90. The van der Waals surface area contributed by atoms with Crippen LogP contribution in [0.25, 0.3) is 0 Å². The molecule has 0 bridgehead atoms. The largest absolute Gasteiger partial charge is 0.444 e. The number of aromatic nitrogens is 2. The Kier molecular flexibility index (Phi) is 5.96. The van der Waals surface area contributed by atoms with Crippen LogP contribution in [0.5, 0.6) is 0 Å². The summed E-state index contributed by atoms with van der Waals surface area (Å²) in [5.74, 6) is -0.618. The van der Waals surface area contributed by atoms with Crippen molar-refractivity contribution in [3.05, 3.63) is 69.3 Å². The van der Waals surface area contributed by atoms with Gasteiger partial charge in [0.15, 0.2) is 10.4 Å². The van der Waals surface area contributed by atoms with Crippen LogP contribution < -0.4 is 10.7 Å². The van der Waals surface area contributed by atoms with Crippen LogP contribution in [-0.2, 0) is 7.05 Å². The summed E-state index contributed by atoms with van der Waals surface area (Å²) < 4.78 is 7.06. The van der Waals surface area contributed by atoms with Gasteiger partial charge in [-0.2, -0.15) is 10.2 Å². The van der Waals surface area contributed by atoms with Gasteiger partial charge in [-0.05, 0) is 52.7 Å². The number of rotatable bonds is 5. The third-order valence-electron chi connectivity index (χ3n) is 3.79. The van der Waals surface area contributed by atoms with Crippen LogP contribution >= 0.6 is 27.5 Å². The Balaban J connectivity index is 1.64. The van der Waals surface area contributed by atoms with E-state index in [9.17, 15) is 9.59 Å². The van der Waals surface area contributed by atoms with Gasteiger partial charge in [-0.1, -0.05) is 23.7 Å². The zero-order chi connectivity index (χ0) is 20.3. The molecule has 28 heavy (non-hydrogen) atoms. The summed E-state index contributed by atoms with van der Waals surface area (Å²) in [6, 6.07) is 10.2. The van der Waals surface area contributed by atoms with Crippen molar-refractivity contribution in [3.8, 4) is 0 Å². The van der Waals surface area contributed by atoms with E-state index in [0.717, 1.165) is 5.56 Å². The number of hydrogen-bond acceptors (Lipinski definition) is 5. The maximum atomic E-state index is 12.2. The molecule has 0 unspecified atom stereocenters. The van der Waals surface area contributed by atoms with E-state index in [1.165, 1.54) is 10.9 Å². The highest BCUT2D eigenvalue weighted by Gasteiger charge is 2.15. The lowest BCUT2D eigenvalue weighted by atomic mass is 10.1. The van der Waals surface area contributed by atoms with E-state index >= 15 is 0 Å². The Morgan fingerprint density at radius 3 is 2.46 bits per heavy atom. The molecule has 2 heterocycles. The first-order valence-electron chi connectivity index (χ1n) is 8.04. The van der Waals surface area contributed by atoms with Crippen molar-refractivity contribution >= 4 is 50.7 Å². The number of anilines is 1. The number of aryl methyl sites for hydroxylation is 1. The maximum Gasteiger partial charge on any atom is 0.291 e. The molecule has 3 rings (SSSR count). The molecule has 0 saturated heterocycles. The minimum absolute atomic E-state index is 0.199. The summed E-state index contributed by atoms with van der Waals surface area (Å²) in [6.45, 7) is 1.75. The van der Waals surface area contributed by atoms with E-state index in [1.807, 2.05) is 0 Å². The minimum atomic E-state index is -0.460. The average Bonchev–Trinajstić information content (AvgIpc) is 3.25. The number of nitrogens with one attached hydrogen (secondary N) is 2. The number of furan rings is 1. The fourth-order valence-electron chi connectivity index (χ4n) is 2.34. The number of hydrazone groups is 1. The first-order chi connectivity index (χ1) is 13.3. The van der Waals surface area contributed by atoms with Gasteiger partial charge in [0.25, 0.3) is 11.8 Å². The summed E-state index contributed by atoms with van der Waals surface area (Å²) in [7, 11) is 1.62. The van der Waals surface area contributed by atoms with Gasteiger partial charge < -0.3 is 9.73 Å². The molecule has 144 valence electrons. The second kappa shape index (κ2) is 8.41. The molecule has 0 aliphatic carbocycles. The Labute approximate surface area is 173 Å². The third kappa shape index (κ3) is 4.49. The molecule has 0 fully saturated rings. The molecule has 0 spiro atoms. The fraction of sp³-hybridized carbons (Fsp3) is 0.111. The molecule has 2 aromatic heterocycles. The van der Waals surface area contributed by atoms with Crippen LogP contribution in [0.3, 0.4) is 0 Å². The van der Waals surface area contributed by atoms with Crippen molar-refractivity contribution in [3.63, 3.8) is 0 Å². The van der Waals surface area contributed by atoms with E-state index in [2.05, 4.69) is 36.9 Å². The quantitative estimate of drug-likeness (QED) is 0.442. The molecule has 3 aromatic rings. The Morgan fingerprint density at radius 1 is 1.18 bits per heavy atom. The van der Waals surface area contributed by atoms with Gasteiger partial charge in [0.2, 0.25) is 0 Å². The van der Waals surface area contributed by atoms with Gasteiger partial charge in [-0.3, -0.25) is 14.3 Å². The summed E-state index contributed by atoms with van der Waals surface area (Å²) in [6.07, 6.45) is 1.39. The van der Waals surface area contributed by atoms with Crippen molar-refractivity contribution in [2.75, 3.05) is 5.32 Å². The second-order valence-electron chi connectivity index (χ2n) is 5.74. The van der Waals surface area contributed by atoms with E-state index in [-0.39, 0.29) is 22.4 Å². The van der Waals surface area contributed by atoms with Gasteiger partial charge in [0.05, 0.1) is 16.9 Å². The zero-order valence-corrected chi connectivity index (χ0v) is 17.2. The van der Waals surface area contributed by atoms with Crippen LogP contribution in [0.15, 0.2) is 56.8 Å². The molecule has 10 heteroatoms. The highest BCUT2D eigenvalue weighted by Crippen LogP contribution is 2.17. The van der Waals surface area contributed by atoms with Crippen LogP contribution in [0.2, 0.25) is 5.02 Å². The van der Waals surface area contributed by atoms with Crippen LogP contribution in [0.1, 0.15) is 33.5 Å². The van der Waals surface area contributed by atoms with Crippen molar-refractivity contribution in [2.45, 2.75) is 6.92 Å². The molecule has 0 aliphatic heterocycles. The number of carbonyl (C=O) groups is 2. The van der Waals surface area contributed by atoms with Gasteiger partial charge in [0, 0.05) is 12.7 Å². The van der Waals surface area contributed by atoms with Crippen molar-refractivity contribution < 1.29 is 14.0 Å². The van der Waals surface area contributed by atoms with Crippen LogP contribution in [0, 0.1) is 0 Å². The molecule has 8 nitrogen and oxygen atoms in total. The third-order valence-corrected chi connectivity index (χ3v) is 4.49. The lowest BCUT2D eigenvalue weighted by molar-refractivity contribution is 0.0944. The van der Waals surface area contributed by atoms with E-state index < -0.39 is 5.91 Å². The van der Waals surface area contributed by atoms with Crippen LogP contribution in [-0.4, -0.2) is 27.3 Å². The van der Waals surface area contributed by atoms with Crippen molar-refractivity contribution in [1.29, 1.82) is 0 Å². The Bertz CT molecular complexity index is 1040. The number of benzene rings is 1. The number of amides is 2. The van der Waals surface area contributed by atoms with Crippen LogP contribution in [0.4, 0.5) is 5.69 Å². The molecular weight excluding hydrogens is 450 g/mol. The minimum Gasteiger partial charge on any atom is -0.444 e. The highest BCUT2D eigenvalue weighted by molar-refractivity contribution is 9.10. The number of carbonyl (C=O) groups excluding carboxylic acids is 2. The number of halogens is 2. The molecule has 2 N–H and O–H groups in total. The molecule has 1 aromatic carbocycles. The predicted molar refractivity (Wildman–Crippen MR) is 109 cm³/mol. The normalized spacial score (nSPS) is 11.4. The molecular formula is C18H15BrClN5O3. The number of hydrogen-bond donors (Lipinski definition) is 2. The van der Waals surface area contributed by atoms with Gasteiger partial charge in [-0.25, -0.2) is 5.43 Å². The smallest absolute Gasteiger partial charge is 0.291 e. The summed E-state index contributed by atoms with van der Waals surface area (Å²) in [5.41, 5.74) is 4.63. The average molecular weight is 465 g/mol. The first-order valence-corrected chi connectivity index (χ1v) is 9.21. The molecule has 0 aliphatic rings. The highest BCUT2D eigenvalue weighted by atomic mass is 79.9. The summed E-state index contributed by atoms with van der Waals surface area (Å²) in [5, 5.41) is 11.0. The monoisotopic (exact) mass is 463 g/mol. The predicted octanol–water partition coefficient (Wildman–Crippen LogP) is 3.84. The first kappa shape index (κ1) is 19.8. The second-order valence-corrected chi connectivity index (χ2v) is 6.93. The Morgan fingerprint density at radius 2 is 1.89 bits per heavy atom. The number of nitrogens with zero attached hydrogens (tertiary/aromatic N) is 3. The molecule has 2 amide bonds. The lowest BCUT2D eigenvalue weighted by Gasteiger charge is -2.06. The maximum absolute atomic E-state index is 12.2. The van der Waals surface area contributed by atoms with Crippen molar-refractivity contribution in [1.82, 2.24) is 15.2 Å². The van der Waals surface area contributed by atoms with E-state index in [0.29, 0.717) is 16.1 Å². The van der Waals surface area contributed by atoms with Gasteiger partial charge in [-0.15, -0.1) is 0 Å². The summed E-state index contributed by atoms with van der Waals surface area (Å²) >= 11 is 9.10. The standard InChI is InChI=1S/C18H15BrClN5O3/c1-10(23-24-18(27)16-13(20)9-21-25(16)2)11-3-5-12(6-4-11)22-17(26)14-7-8-15(19)28-14/h3-9H,1-2H3,(H,22,26)(H,24,27)/b23-10+. The van der Waals surface area contributed by atoms with Gasteiger partial charge >= 0.3 is 0 Å². The van der Waals surface area contributed by atoms with E-state index in [4.69, 9.17) is 16.0 Å². The molecule has 0 saturated carbocycles. The topological polar surface area (TPSA) is 102 Å². The van der Waals surface area contributed by atoms with E-state index in [1.54, 1.807) is 50.4 Å². The van der Waals surface area contributed by atoms with Crippen molar-refractivity contribution in [2.24, 2.45) is 12.1 Å². The Hall–Kier alpha value is -2.91. The lowest BCUT2D eigenvalue weighted by Crippen LogP contribution is -2.22. The molecule has 0 radical (unpaired) electrons. The summed E-state index contributed by atoms with van der Waals surface area (Å²) in [4.78, 5) is 24.2. The SMILES string of the molecule is C/C(=N\NC(=O)c1c(Cl)cnn1C)c1ccc(NC(=O)c2ccc(Br)o2)cc1. The van der Waals surface area contributed by atoms with Gasteiger partial charge in [0.1, 0.15) is 5.69 Å².